The Morgan fingerprint density at radius 2 is 1.83 bits per heavy atom. The fourth-order valence-corrected chi connectivity index (χ4v) is 2.73. The van der Waals surface area contributed by atoms with Gasteiger partial charge in [-0.1, -0.05) is 29.8 Å². The summed E-state index contributed by atoms with van der Waals surface area (Å²) in [6, 6.07) is 7.97. The van der Waals surface area contributed by atoms with Crippen molar-refractivity contribution in [2.75, 3.05) is 6.54 Å². The van der Waals surface area contributed by atoms with Gasteiger partial charge in [0.25, 0.3) is 5.91 Å². The Kier molecular flexibility index (Phi) is 5.15. The summed E-state index contributed by atoms with van der Waals surface area (Å²) >= 11 is 1.41. The molecule has 0 unspecified atom stereocenters. The first-order valence-electron chi connectivity index (χ1n) is 7.36. The number of amides is 2. The average Bonchev–Trinajstić information content (AvgIpc) is 2.93. The minimum absolute atomic E-state index is 0.0620. The van der Waals surface area contributed by atoms with Crippen molar-refractivity contribution in [3.8, 4) is 10.6 Å². The molecule has 0 saturated carbocycles. The van der Waals surface area contributed by atoms with E-state index in [9.17, 15) is 9.59 Å². The normalized spacial score (nSPS) is 11.1. The van der Waals surface area contributed by atoms with E-state index in [0.29, 0.717) is 5.69 Å². The van der Waals surface area contributed by atoms with E-state index in [1.165, 1.54) is 16.9 Å². The number of aromatic nitrogens is 1. The van der Waals surface area contributed by atoms with Crippen molar-refractivity contribution in [3.05, 3.63) is 40.9 Å². The fourth-order valence-electron chi connectivity index (χ4n) is 1.92. The Bertz CT molecular complexity index is 699. The molecule has 0 bridgehead atoms. The maximum atomic E-state index is 12.1. The molecule has 1 aromatic carbocycles. The zero-order valence-electron chi connectivity index (χ0n) is 13.8. The van der Waals surface area contributed by atoms with E-state index in [-0.39, 0.29) is 23.9 Å². The molecule has 0 aliphatic heterocycles. The van der Waals surface area contributed by atoms with E-state index in [1.807, 2.05) is 52.0 Å². The minimum atomic E-state index is -0.344. The summed E-state index contributed by atoms with van der Waals surface area (Å²) in [5.74, 6) is -0.566. The molecule has 23 heavy (non-hydrogen) atoms. The van der Waals surface area contributed by atoms with Crippen LogP contribution < -0.4 is 10.6 Å². The van der Waals surface area contributed by atoms with Gasteiger partial charge in [-0.25, -0.2) is 4.98 Å². The Labute approximate surface area is 140 Å². The summed E-state index contributed by atoms with van der Waals surface area (Å²) in [6.45, 7) is 7.63. The van der Waals surface area contributed by atoms with Gasteiger partial charge in [-0.2, -0.15) is 0 Å². The van der Waals surface area contributed by atoms with Crippen molar-refractivity contribution in [2.24, 2.45) is 0 Å². The van der Waals surface area contributed by atoms with Gasteiger partial charge in [0.1, 0.15) is 10.7 Å². The Hall–Kier alpha value is -2.21. The molecule has 2 amide bonds. The molecule has 1 aromatic heterocycles. The molecule has 2 aromatic rings. The van der Waals surface area contributed by atoms with Gasteiger partial charge in [-0.3, -0.25) is 9.59 Å². The molecule has 2 N–H and O–H groups in total. The van der Waals surface area contributed by atoms with Crippen LogP contribution in [0.3, 0.4) is 0 Å². The van der Waals surface area contributed by atoms with Crippen molar-refractivity contribution in [1.82, 2.24) is 15.6 Å². The van der Waals surface area contributed by atoms with Crippen LogP contribution in [0, 0.1) is 6.92 Å². The number of rotatable bonds is 4. The number of hydrogen-bond donors (Lipinski definition) is 2. The Morgan fingerprint density at radius 1 is 1.17 bits per heavy atom. The zero-order chi connectivity index (χ0) is 17.0. The van der Waals surface area contributed by atoms with Gasteiger partial charge >= 0.3 is 0 Å². The third kappa shape index (κ3) is 5.17. The third-order valence-corrected chi connectivity index (χ3v) is 3.85. The highest BCUT2D eigenvalue weighted by molar-refractivity contribution is 7.13. The monoisotopic (exact) mass is 331 g/mol. The van der Waals surface area contributed by atoms with Crippen LogP contribution in [0.5, 0.6) is 0 Å². The molecule has 0 fully saturated rings. The van der Waals surface area contributed by atoms with Crippen molar-refractivity contribution >= 4 is 23.2 Å². The first kappa shape index (κ1) is 17.1. The van der Waals surface area contributed by atoms with Gasteiger partial charge in [0.2, 0.25) is 5.91 Å². The highest BCUT2D eigenvalue weighted by Crippen LogP contribution is 2.23. The summed E-state index contributed by atoms with van der Waals surface area (Å²) < 4.78 is 0. The summed E-state index contributed by atoms with van der Waals surface area (Å²) in [4.78, 5) is 28.1. The largest absolute Gasteiger partial charge is 0.350 e. The van der Waals surface area contributed by atoms with Crippen molar-refractivity contribution in [2.45, 2.75) is 33.2 Å². The van der Waals surface area contributed by atoms with Crippen molar-refractivity contribution in [1.29, 1.82) is 0 Å². The SMILES string of the molecule is Cc1ccc(-c2nc(C(=O)NCC(=O)NC(C)(C)C)cs2)cc1. The van der Waals surface area contributed by atoms with Gasteiger partial charge in [-0.15, -0.1) is 11.3 Å². The lowest BCUT2D eigenvalue weighted by atomic mass is 10.1. The van der Waals surface area contributed by atoms with Crippen molar-refractivity contribution < 1.29 is 9.59 Å². The van der Waals surface area contributed by atoms with Crippen LogP contribution in [0.1, 0.15) is 36.8 Å². The molecule has 0 aliphatic rings. The number of nitrogens with zero attached hydrogens (tertiary/aromatic N) is 1. The minimum Gasteiger partial charge on any atom is -0.350 e. The highest BCUT2D eigenvalue weighted by atomic mass is 32.1. The number of carbonyl (C=O) groups excluding carboxylic acids is 2. The lowest BCUT2D eigenvalue weighted by molar-refractivity contribution is -0.121. The van der Waals surface area contributed by atoms with E-state index < -0.39 is 0 Å². The summed E-state index contributed by atoms with van der Waals surface area (Å²) in [5.41, 5.74) is 2.16. The average molecular weight is 331 g/mol. The van der Waals surface area contributed by atoms with E-state index in [4.69, 9.17) is 0 Å². The summed E-state index contributed by atoms with van der Waals surface area (Å²) in [6.07, 6.45) is 0. The molecular formula is C17H21N3O2S. The number of benzene rings is 1. The molecule has 0 atom stereocenters. The lowest BCUT2D eigenvalue weighted by Crippen LogP contribution is -2.45. The van der Waals surface area contributed by atoms with Crippen LogP contribution >= 0.6 is 11.3 Å². The molecule has 1 heterocycles. The standard InChI is InChI=1S/C17H21N3O2S/c1-11-5-7-12(8-6-11)16-19-13(10-23-16)15(22)18-9-14(21)20-17(2,3)4/h5-8,10H,9H2,1-4H3,(H,18,22)(H,20,21). The fraction of sp³-hybridized carbons (Fsp3) is 0.353. The molecule has 122 valence electrons. The summed E-state index contributed by atoms with van der Waals surface area (Å²) in [7, 11) is 0. The van der Waals surface area contributed by atoms with Gasteiger partial charge in [0, 0.05) is 16.5 Å². The number of aryl methyl sites for hydroxylation is 1. The Balaban J connectivity index is 1.96. The zero-order valence-corrected chi connectivity index (χ0v) is 14.6. The van der Waals surface area contributed by atoms with Gasteiger partial charge in [-0.05, 0) is 27.7 Å². The first-order valence-corrected chi connectivity index (χ1v) is 8.24. The van der Waals surface area contributed by atoms with Gasteiger partial charge in [0.15, 0.2) is 0 Å². The van der Waals surface area contributed by atoms with Crippen LogP contribution in [-0.2, 0) is 4.79 Å². The maximum Gasteiger partial charge on any atom is 0.271 e. The second kappa shape index (κ2) is 6.91. The second-order valence-corrected chi connectivity index (χ2v) is 7.24. The van der Waals surface area contributed by atoms with Gasteiger partial charge < -0.3 is 10.6 Å². The lowest BCUT2D eigenvalue weighted by Gasteiger charge is -2.20. The smallest absolute Gasteiger partial charge is 0.271 e. The predicted molar refractivity (Wildman–Crippen MR) is 92.5 cm³/mol. The third-order valence-electron chi connectivity index (χ3n) is 2.96. The quantitative estimate of drug-likeness (QED) is 0.905. The highest BCUT2D eigenvalue weighted by Gasteiger charge is 2.16. The number of thiazole rings is 1. The van der Waals surface area contributed by atoms with Crippen LogP contribution in [0.4, 0.5) is 0 Å². The molecular weight excluding hydrogens is 310 g/mol. The summed E-state index contributed by atoms with van der Waals surface area (Å²) in [5, 5.41) is 7.87. The Morgan fingerprint density at radius 3 is 2.43 bits per heavy atom. The van der Waals surface area contributed by atoms with Gasteiger partial charge in [0.05, 0.1) is 6.54 Å². The van der Waals surface area contributed by atoms with E-state index in [2.05, 4.69) is 15.6 Å². The molecule has 6 heteroatoms. The molecule has 5 nitrogen and oxygen atoms in total. The van der Waals surface area contributed by atoms with Crippen LogP contribution in [-0.4, -0.2) is 28.9 Å². The van der Waals surface area contributed by atoms with Crippen LogP contribution in [0.2, 0.25) is 0 Å². The van der Waals surface area contributed by atoms with E-state index in [1.54, 1.807) is 5.38 Å². The van der Waals surface area contributed by atoms with E-state index in [0.717, 1.165) is 10.6 Å². The predicted octanol–water partition coefficient (Wildman–Crippen LogP) is 2.76. The topological polar surface area (TPSA) is 71.1 Å². The molecule has 0 spiro atoms. The van der Waals surface area contributed by atoms with E-state index >= 15 is 0 Å². The van der Waals surface area contributed by atoms with Crippen LogP contribution in [0.15, 0.2) is 29.6 Å². The molecule has 0 saturated heterocycles. The first-order chi connectivity index (χ1) is 10.7. The maximum absolute atomic E-state index is 12.1. The second-order valence-electron chi connectivity index (χ2n) is 6.38. The molecule has 0 radical (unpaired) electrons. The molecule has 2 rings (SSSR count). The number of hydrogen-bond acceptors (Lipinski definition) is 4. The van der Waals surface area contributed by atoms with Crippen molar-refractivity contribution in [3.63, 3.8) is 0 Å². The molecule has 0 aliphatic carbocycles. The van der Waals surface area contributed by atoms with Crippen LogP contribution in [0.25, 0.3) is 10.6 Å². The number of carbonyl (C=O) groups is 2. The number of nitrogens with one attached hydrogen (secondary N) is 2.